The highest BCUT2D eigenvalue weighted by Crippen LogP contribution is 2.32. The van der Waals surface area contributed by atoms with Gasteiger partial charge in [-0.1, -0.05) is 24.3 Å². The number of rotatable bonds is 5. The zero-order chi connectivity index (χ0) is 21.8. The molecule has 0 saturated carbocycles. The van der Waals surface area contributed by atoms with E-state index in [0.717, 1.165) is 17.7 Å². The molecule has 4 rings (SSSR count). The number of aromatic nitrogens is 2. The van der Waals surface area contributed by atoms with Crippen molar-refractivity contribution in [3.63, 3.8) is 0 Å². The number of hydrogen-bond acceptors (Lipinski definition) is 5. The smallest absolute Gasteiger partial charge is 0.416 e. The highest BCUT2D eigenvalue weighted by atomic mass is 19.4. The molecule has 0 bridgehead atoms. The van der Waals surface area contributed by atoms with E-state index in [-0.39, 0.29) is 12.3 Å². The molecular weight excluding hydrogens is 409 g/mol. The molecule has 0 aliphatic carbocycles. The molecule has 9 heteroatoms. The highest BCUT2D eigenvalue weighted by Gasteiger charge is 2.31. The molecule has 1 fully saturated rings. The third kappa shape index (κ3) is 5.04. The van der Waals surface area contributed by atoms with Crippen LogP contribution in [-0.4, -0.2) is 47.2 Å². The molecule has 1 aromatic heterocycles. The number of piperazine rings is 1. The second-order valence-electron chi connectivity index (χ2n) is 7.28. The lowest BCUT2D eigenvalue weighted by molar-refractivity contribution is -0.137. The predicted octanol–water partition coefficient (Wildman–Crippen LogP) is 4.04. The van der Waals surface area contributed by atoms with Crippen LogP contribution >= 0.6 is 0 Å². The van der Waals surface area contributed by atoms with Gasteiger partial charge in [0.25, 0.3) is 0 Å². The van der Waals surface area contributed by atoms with Crippen LogP contribution in [0.5, 0.6) is 0 Å². The van der Waals surface area contributed by atoms with Crippen molar-refractivity contribution < 1.29 is 22.4 Å². The lowest BCUT2D eigenvalue weighted by atomic mass is 10.1. The van der Waals surface area contributed by atoms with E-state index in [2.05, 4.69) is 10.2 Å². The molecule has 6 nitrogen and oxygen atoms in total. The van der Waals surface area contributed by atoms with Gasteiger partial charge in [-0.2, -0.15) is 13.2 Å². The number of carbonyl (C=O) groups excluding carboxylic acids is 1. The largest absolute Gasteiger partial charge is 0.421 e. The van der Waals surface area contributed by atoms with Crippen LogP contribution < -0.4 is 4.90 Å². The summed E-state index contributed by atoms with van der Waals surface area (Å²) in [6, 6.07) is 14.7. The summed E-state index contributed by atoms with van der Waals surface area (Å²) in [4.78, 5) is 16.1. The van der Waals surface area contributed by atoms with E-state index in [0.29, 0.717) is 50.1 Å². The van der Waals surface area contributed by atoms with Crippen LogP contribution in [0.15, 0.2) is 59.0 Å². The lowest BCUT2D eigenvalue weighted by Crippen LogP contribution is -2.48. The number of hydrogen-bond donors (Lipinski definition) is 0. The number of anilines is 1. The minimum Gasteiger partial charge on any atom is -0.421 e. The Labute approximate surface area is 177 Å². The van der Waals surface area contributed by atoms with Gasteiger partial charge in [0.1, 0.15) is 0 Å². The SMILES string of the molecule is O=C(CCc1nnc(-c2ccccc2)o1)N1CCN(c2cccc(C(F)(F)F)c2)CC1. The normalized spacial score (nSPS) is 14.7. The van der Waals surface area contributed by atoms with E-state index in [1.807, 2.05) is 35.2 Å². The van der Waals surface area contributed by atoms with Crippen molar-refractivity contribution in [2.24, 2.45) is 0 Å². The average Bonchev–Trinajstić information content (AvgIpc) is 3.27. The fourth-order valence-electron chi connectivity index (χ4n) is 3.52. The summed E-state index contributed by atoms with van der Waals surface area (Å²) in [6.07, 6.45) is -3.80. The van der Waals surface area contributed by atoms with Crippen molar-refractivity contribution in [2.45, 2.75) is 19.0 Å². The van der Waals surface area contributed by atoms with Gasteiger partial charge in [-0.3, -0.25) is 4.79 Å². The molecule has 0 N–H and O–H groups in total. The van der Waals surface area contributed by atoms with Crippen molar-refractivity contribution in [3.05, 3.63) is 66.1 Å². The van der Waals surface area contributed by atoms with E-state index in [1.54, 1.807) is 11.0 Å². The number of carbonyl (C=O) groups is 1. The minimum atomic E-state index is -4.37. The number of nitrogens with zero attached hydrogens (tertiary/aromatic N) is 4. The topological polar surface area (TPSA) is 62.5 Å². The van der Waals surface area contributed by atoms with Gasteiger partial charge >= 0.3 is 6.18 Å². The second kappa shape index (κ2) is 8.79. The minimum absolute atomic E-state index is 0.0387. The summed E-state index contributed by atoms with van der Waals surface area (Å²) in [5.41, 5.74) is 0.664. The van der Waals surface area contributed by atoms with Gasteiger partial charge < -0.3 is 14.2 Å². The van der Waals surface area contributed by atoms with E-state index in [9.17, 15) is 18.0 Å². The van der Waals surface area contributed by atoms with E-state index in [4.69, 9.17) is 4.42 Å². The van der Waals surface area contributed by atoms with Crippen LogP contribution in [0.4, 0.5) is 18.9 Å². The Bertz CT molecular complexity index is 1030. The third-order valence-corrected chi connectivity index (χ3v) is 5.21. The summed E-state index contributed by atoms with van der Waals surface area (Å²) in [7, 11) is 0. The van der Waals surface area contributed by atoms with Gasteiger partial charge in [-0.25, -0.2) is 0 Å². The summed E-state index contributed by atoms with van der Waals surface area (Å²) in [5, 5.41) is 8.02. The van der Waals surface area contributed by atoms with Gasteiger partial charge in [-0.15, -0.1) is 10.2 Å². The Morgan fingerprint density at radius 2 is 1.71 bits per heavy atom. The zero-order valence-corrected chi connectivity index (χ0v) is 16.7. The van der Waals surface area contributed by atoms with Gasteiger partial charge in [0.05, 0.1) is 5.56 Å². The van der Waals surface area contributed by atoms with E-state index < -0.39 is 11.7 Å². The lowest BCUT2D eigenvalue weighted by Gasteiger charge is -2.36. The molecule has 162 valence electrons. The van der Waals surface area contributed by atoms with Crippen LogP contribution in [0.25, 0.3) is 11.5 Å². The molecule has 0 radical (unpaired) electrons. The summed E-state index contributed by atoms with van der Waals surface area (Å²) in [6.45, 7) is 1.86. The first kappa shape index (κ1) is 20.9. The standard InChI is InChI=1S/C22H21F3N4O2/c23-22(24,25)17-7-4-8-18(15-17)28-11-13-29(14-12-28)20(30)10-9-19-26-27-21(31-19)16-5-2-1-3-6-16/h1-8,15H,9-14H2. The summed E-state index contributed by atoms with van der Waals surface area (Å²) < 4.78 is 44.4. The van der Waals surface area contributed by atoms with Crippen LogP contribution in [0.2, 0.25) is 0 Å². The van der Waals surface area contributed by atoms with Gasteiger partial charge in [0, 0.05) is 50.3 Å². The maximum atomic E-state index is 12.9. The molecule has 0 unspecified atom stereocenters. The number of halogens is 3. The van der Waals surface area contributed by atoms with Gasteiger partial charge in [-0.05, 0) is 30.3 Å². The Balaban J connectivity index is 1.29. The summed E-state index contributed by atoms with van der Waals surface area (Å²) >= 11 is 0. The fourth-order valence-corrected chi connectivity index (χ4v) is 3.52. The fraction of sp³-hybridized carbons (Fsp3) is 0.318. The van der Waals surface area contributed by atoms with Crippen LogP contribution in [0.3, 0.4) is 0 Å². The van der Waals surface area contributed by atoms with Crippen LogP contribution in [-0.2, 0) is 17.4 Å². The predicted molar refractivity (Wildman–Crippen MR) is 108 cm³/mol. The van der Waals surface area contributed by atoms with E-state index >= 15 is 0 Å². The quantitative estimate of drug-likeness (QED) is 0.612. The number of amides is 1. The molecule has 2 aromatic carbocycles. The van der Waals surface area contributed by atoms with E-state index in [1.165, 1.54) is 6.07 Å². The summed E-state index contributed by atoms with van der Waals surface area (Å²) in [5.74, 6) is 0.774. The Morgan fingerprint density at radius 3 is 2.42 bits per heavy atom. The highest BCUT2D eigenvalue weighted by molar-refractivity contribution is 5.76. The molecule has 1 aliphatic heterocycles. The van der Waals surface area contributed by atoms with Gasteiger partial charge in [0.15, 0.2) is 0 Å². The molecule has 31 heavy (non-hydrogen) atoms. The first-order valence-corrected chi connectivity index (χ1v) is 9.98. The Kier molecular flexibility index (Phi) is 5.92. The van der Waals surface area contributed by atoms with Gasteiger partial charge in [0.2, 0.25) is 17.7 Å². The van der Waals surface area contributed by atoms with Crippen molar-refractivity contribution in [3.8, 4) is 11.5 Å². The zero-order valence-electron chi connectivity index (χ0n) is 16.7. The van der Waals surface area contributed by atoms with Crippen molar-refractivity contribution in [1.29, 1.82) is 0 Å². The number of alkyl halides is 3. The molecule has 0 atom stereocenters. The first-order valence-electron chi connectivity index (χ1n) is 9.98. The van der Waals surface area contributed by atoms with Crippen molar-refractivity contribution in [1.82, 2.24) is 15.1 Å². The monoisotopic (exact) mass is 430 g/mol. The maximum absolute atomic E-state index is 12.9. The molecule has 0 spiro atoms. The molecule has 1 saturated heterocycles. The number of benzene rings is 2. The van der Waals surface area contributed by atoms with Crippen molar-refractivity contribution >= 4 is 11.6 Å². The second-order valence-corrected chi connectivity index (χ2v) is 7.28. The first-order chi connectivity index (χ1) is 14.9. The molecule has 2 heterocycles. The Morgan fingerprint density at radius 1 is 0.968 bits per heavy atom. The Hall–Kier alpha value is -3.36. The van der Waals surface area contributed by atoms with Crippen molar-refractivity contribution in [2.75, 3.05) is 31.1 Å². The molecule has 1 aliphatic rings. The number of aryl methyl sites for hydroxylation is 1. The molecular formula is C22H21F3N4O2. The van der Waals surface area contributed by atoms with Crippen LogP contribution in [0, 0.1) is 0 Å². The molecule has 3 aromatic rings. The average molecular weight is 430 g/mol. The third-order valence-electron chi connectivity index (χ3n) is 5.21. The maximum Gasteiger partial charge on any atom is 0.416 e. The molecule has 1 amide bonds. The van der Waals surface area contributed by atoms with Crippen LogP contribution in [0.1, 0.15) is 17.9 Å².